The van der Waals surface area contributed by atoms with Crippen LogP contribution in [0.4, 0.5) is 14.5 Å². The van der Waals surface area contributed by atoms with Crippen molar-refractivity contribution in [2.45, 2.75) is 13.5 Å². The summed E-state index contributed by atoms with van der Waals surface area (Å²) in [4.78, 5) is 0. The topological polar surface area (TPSA) is 32.3 Å². The summed E-state index contributed by atoms with van der Waals surface area (Å²) in [6, 6.07) is 8.97. The second kappa shape index (κ2) is 5.04. The fraction of sp³-hybridized carbons (Fsp3) is 0.143. The maximum absolute atomic E-state index is 13.3. The highest BCUT2D eigenvalue weighted by Gasteiger charge is 2.02. The van der Waals surface area contributed by atoms with E-state index in [0.29, 0.717) is 17.8 Å². The summed E-state index contributed by atoms with van der Waals surface area (Å²) in [6.45, 7) is 2.09. The molecule has 2 nitrogen and oxygen atoms in total. The molecule has 0 heterocycles. The minimum Gasteiger partial charge on any atom is -0.505 e. The molecule has 0 saturated heterocycles. The molecule has 0 aliphatic carbocycles. The summed E-state index contributed by atoms with van der Waals surface area (Å²) in [5.41, 5.74) is 1.90. The van der Waals surface area contributed by atoms with Crippen LogP contribution in [0.15, 0.2) is 36.4 Å². The van der Waals surface area contributed by atoms with E-state index in [4.69, 9.17) is 5.11 Å². The Morgan fingerprint density at radius 2 is 1.83 bits per heavy atom. The number of aromatic hydroxyl groups is 1. The van der Waals surface area contributed by atoms with Gasteiger partial charge in [0, 0.05) is 18.3 Å². The summed E-state index contributed by atoms with van der Waals surface area (Å²) < 4.78 is 26.4. The van der Waals surface area contributed by atoms with Gasteiger partial charge in [-0.2, -0.15) is 0 Å². The average molecular weight is 249 g/mol. The SMILES string of the molecule is Cc1ccc(CNc2ccc(O)c(F)c2)cc1F. The van der Waals surface area contributed by atoms with Gasteiger partial charge >= 0.3 is 0 Å². The number of aryl methyl sites for hydroxylation is 1. The number of phenols is 1. The smallest absolute Gasteiger partial charge is 0.166 e. The van der Waals surface area contributed by atoms with Crippen molar-refractivity contribution in [3.05, 3.63) is 59.2 Å². The highest BCUT2D eigenvalue weighted by atomic mass is 19.1. The molecule has 0 aromatic heterocycles. The Labute approximate surface area is 104 Å². The number of halogens is 2. The number of phenolic OH excluding ortho intramolecular Hbond substituents is 1. The van der Waals surface area contributed by atoms with Gasteiger partial charge in [-0.25, -0.2) is 8.78 Å². The molecule has 0 aliphatic rings. The molecule has 0 spiro atoms. The summed E-state index contributed by atoms with van der Waals surface area (Å²) in [5.74, 6) is -1.33. The molecular weight excluding hydrogens is 236 g/mol. The third-order valence-electron chi connectivity index (χ3n) is 2.68. The third kappa shape index (κ3) is 2.77. The lowest BCUT2D eigenvalue weighted by molar-refractivity contribution is 0.432. The third-order valence-corrected chi connectivity index (χ3v) is 2.68. The molecule has 18 heavy (non-hydrogen) atoms. The number of rotatable bonds is 3. The fourth-order valence-electron chi connectivity index (χ4n) is 1.57. The van der Waals surface area contributed by atoms with Crippen molar-refractivity contribution in [3.63, 3.8) is 0 Å². The molecule has 2 aromatic carbocycles. The molecule has 0 radical (unpaired) electrons. The Balaban J connectivity index is 2.06. The summed E-state index contributed by atoms with van der Waals surface area (Å²) in [6.07, 6.45) is 0. The minimum atomic E-state index is -0.685. The van der Waals surface area contributed by atoms with Crippen molar-refractivity contribution in [1.29, 1.82) is 0 Å². The molecule has 0 saturated carbocycles. The molecule has 2 N–H and O–H groups in total. The van der Waals surface area contributed by atoms with Gasteiger partial charge in [0.1, 0.15) is 5.82 Å². The number of anilines is 1. The van der Waals surface area contributed by atoms with Crippen molar-refractivity contribution >= 4 is 5.69 Å². The van der Waals surface area contributed by atoms with Crippen LogP contribution in [0, 0.1) is 18.6 Å². The van der Waals surface area contributed by atoms with Crippen LogP contribution in [-0.4, -0.2) is 5.11 Å². The molecule has 0 atom stereocenters. The van der Waals surface area contributed by atoms with Crippen LogP contribution in [0.5, 0.6) is 5.75 Å². The van der Waals surface area contributed by atoms with Crippen LogP contribution in [0.25, 0.3) is 0 Å². The Morgan fingerprint density at radius 1 is 1.06 bits per heavy atom. The summed E-state index contributed by atoms with van der Waals surface area (Å²) in [7, 11) is 0. The maximum atomic E-state index is 13.3. The first-order valence-electron chi connectivity index (χ1n) is 5.53. The Morgan fingerprint density at radius 3 is 2.50 bits per heavy atom. The molecule has 2 aromatic rings. The van der Waals surface area contributed by atoms with E-state index in [1.165, 1.54) is 18.2 Å². The zero-order valence-corrected chi connectivity index (χ0v) is 9.87. The quantitative estimate of drug-likeness (QED) is 0.815. The molecule has 2 rings (SSSR count). The average Bonchev–Trinajstić information content (AvgIpc) is 2.35. The first-order valence-corrected chi connectivity index (χ1v) is 5.53. The van der Waals surface area contributed by atoms with Crippen LogP contribution in [-0.2, 0) is 6.54 Å². The molecule has 94 valence electrons. The first-order chi connectivity index (χ1) is 8.56. The van der Waals surface area contributed by atoms with Crippen molar-refractivity contribution in [2.75, 3.05) is 5.32 Å². The van der Waals surface area contributed by atoms with Crippen LogP contribution >= 0.6 is 0 Å². The fourth-order valence-corrected chi connectivity index (χ4v) is 1.57. The zero-order valence-electron chi connectivity index (χ0n) is 9.87. The molecule has 0 fully saturated rings. The van der Waals surface area contributed by atoms with Gasteiger partial charge < -0.3 is 10.4 Å². The Hall–Kier alpha value is -2.10. The lowest BCUT2D eigenvalue weighted by atomic mass is 10.1. The van der Waals surface area contributed by atoms with Gasteiger partial charge in [0.15, 0.2) is 11.6 Å². The number of benzene rings is 2. The normalized spacial score (nSPS) is 10.4. The second-order valence-electron chi connectivity index (χ2n) is 4.10. The van der Waals surface area contributed by atoms with E-state index in [9.17, 15) is 8.78 Å². The van der Waals surface area contributed by atoms with Gasteiger partial charge in [0.05, 0.1) is 0 Å². The molecule has 0 bridgehead atoms. The van der Waals surface area contributed by atoms with Crippen LogP contribution < -0.4 is 5.32 Å². The summed E-state index contributed by atoms with van der Waals surface area (Å²) in [5, 5.41) is 12.0. The van der Waals surface area contributed by atoms with Crippen molar-refractivity contribution in [2.24, 2.45) is 0 Å². The van der Waals surface area contributed by atoms with Crippen LogP contribution in [0.3, 0.4) is 0 Å². The number of nitrogens with one attached hydrogen (secondary N) is 1. The molecule has 0 amide bonds. The lowest BCUT2D eigenvalue weighted by Gasteiger charge is -2.08. The monoisotopic (exact) mass is 249 g/mol. The van der Waals surface area contributed by atoms with Crippen molar-refractivity contribution in [3.8, 4) is 5.75 Å². The van der Waals surface area contributed by atoms with Crippen LogP contribution in [0.1, 0.15) is 11.1 Å². The van der Waals surface area contributed by atoms with E-state index < -0.39 is 5.82 Å². The largest absolute Gasteiger partial charge is 0.505 e. The van der Waals surface area contributed by atoms with E-state index in [2.05, 4.69) is 5.32 Å². The number of hydrogen-bond acceptors (Lipinski definition) is 2. The van der Waals surface area contributed by atoms with Crippen molar-refractivity contribution < 1.29 is 13.9 Å². The molecule has 0 aliphatic heterocycles. The highest BCUT2D eigenvalue weighted by Crippen LogP contribution is 2.20. The zero-order chi connectivity index (χ0) is 13.1. The van der Waals surface area contributed by atoms with Gasteiger partial charge in [-0.1, -0.05) is 12.1 Å². The van der Waals surface area contributed by atoms with E-state index in [-0.39, 0.29) is 11.6 Å². The second-order valence-corrected chi connectivity index (χ2v) is 4.10. The van der Waals surface area contributed by atoms with Gasteiger partial charge in [-0.05, 0) is 36.2 Å². The minimum absolute atomic E-state index is 0.258. The molecule has 4 heteroatoms. The Kier molecular flexibility index (Phi) is 3.46. The van der Waals surface area contributed by atoms with E-state index >= 15 is 0 Å². The molecular formula is C14H13F2NO. The van der Waals surface area contributed by atoms with E-state index in [1.807, 2.05) is 6.07 Å². The maximum Gasteiger partial charge on any atom is 0.166 e. The summed E-state index contributed by atoms with van der Waals surface area (Å²) >= 11 is 0. The van der Waals surface area contributed by atoms with Gasteiger partial charge in [-0.15, -0.1) is 0 Å². The van der Waals surface area contributed by atoms with Crippen LogP contribution in [0.2, 0.25) is 0 Å². The number of hydrogen-bond donors (Lipinski definition) is 2. The van der Waals surface area contributed by atoms with Gasteiger partial charge in [-0.3, -0.25) is 0 Å². The predicted molar refractivity (Wildman–Crippen MR) is 66.5 cm³/mol. The van der Waals surface area contributed by atoms with E-state index in [0.717, 1.165) is 5.56 Å². The highest BCUT2D eigenvalue weighted by molar-refractivity contribution is 5.47. The molecule has 0 unspecified atom stereocenters. The van der Waals surface area contributed by atoms with Crippen molar-refractivity contribution in [1.82, 2.24) is 0 Å². The first kappa shape index (κ1) is 12.4. The van der Waals surface area contributed by atoms with E-state index in [1.54, 1.807) is 19.1 Å². The Bertz CT molecular complexity index is 518. The van der Waals surface area contributed by atoms with Gasteiger partial charge in [0.2, 0.25) is 0 Å². The lowest BCUT2D eigenvalue weighted by Crippen LogP contribution is -2.00. The predicted octanol–water partition coefficient (Wildman–Crippen LogP) is 3.59. The standard InChI is InChI=1S/C14H13F2NO/c1-9-2-3-10(6-12(9)15)8-17-11-4-5-14(18)13(16)7-11/h2-7,17-18H,8H2,1H3. The van der Waals surface area contributed by atoms with Gasteiger partial charge in [0.25, 0.3) is 0 Å².